The van der Waals surface area contributed by atoms with E-state index < -0.39 is 11.5 Å². The molecule has 1 aliphatic rings. The second kappa shape index (κ2) is 7.94. The monoisotopic (exact) mass is 374 g/mol. The van der Waals surface area contributed by atoms with Crippen molar-refractivity contribution in [1.29, 1.82) is 0 Å². The predicted octanol–water partition coefficient (Wildman–Crippen LogP) is 3.79. The average Bonchev–Trinajstić information content (AvgIpc) is 2.66. The number of alkyl halides is 2. The van der Waals surface area contributed by atoms with Crippen LogP contribution in [0.4, 0.5) is 14.5 Å². The highest BCUT2D eigenvalue weighted by molar-refractivity contribution is 5.92. The van der Waals surface area contributed by atoms with E-state index in [1.165, 1.54) is 17.7 Å². The maximum atomic E-state index is 12.5. The van der Waals surface area contributed by atoms with Gasteiger partial charge in [0.1, 0.15) is 5.75 Å². The molecule has 0 aromatic heterocycles. The minimum Gasteiger partial charge on any atom is -0.434 e. The highest BCUT2D eigenvalue weighted by Crippen LogP contribution is 2.27. The summed E-state index contributed by atoms with van der Waals surface area (Å²) in [6, 6.07) is 11.1. The summed E-state index contributed by atoms with van der Waals surface area (Å²) in [4.78, 5) is 24.3. The molecule has 6 nitrogen and oxygen atoms in total. The summed E-state index contributed by atoms with van der Waals surface area (Å²) in [5, 5.41) is 10.9. The van der Waals surface area contributed by atoms with Crippen molar-refractivity contribution in [2.24, 2.45) is 0 Å². The number of nitro groups is 1. The molecule has 1 heterocycles. The van der Waals surface area contributed by atoms with Gasteiger partial charge in [0.2, 0.25) is 5.91 Å². The molecule has 0 saturated heterocycles. The highest BCUT2D eigenvalue weighted by Gasteiger charge is 2.19. The molecule has 8 heteroatoms. The first-order valence-electron chi connectivity index (χ1n) is 8.21. The van der Waals surface area contributed by atoms with Gasteiger partial charge in [0, 0.05) is 36.9 Å². The van der Waals surface area contributed by atoms with Crippen LogP contribution in [0.25, 0.3) is 6.08 Å². The number of ether oxygens (including phenoxy) is 1. The smallest absolute Gasteiger partial charge is 0.387 e. The maximum Gasteiger partial charge on any atom is 0.387 e. The third-order valence-corrected chi connectivity index (χ3v) is 4.27. The van der Waals surface area contributed by atoms with Crippen LogP contribution in [0.15, 0.2) is 48.5 Å². The lowest BCUT2D eigenvalue weighted by Gasteiger charge is -2.27. The number of halogens is 2. The second-order valence-corrected chi connectivity index (χ2v) is 5.97. The number of rotatable bonds is 5. The molecule has 0 spiro atoms. The van der Waals surface area contributed by atoms with E-state index in [0.29, 0.717) is 13.1 Å². The van der Waals surface area contributed by atoms with Gasteiger partial charge in [0.25, 0.3) is 5.69 Å². The van der Waals surface area contributed by atoms with E-state index in [1.807, 2.05) is 24.3 Å². The van der Waals surface area contributed by atoms with Gasteiger partial charge in [-0.25, -0.2) is 0 Å². The molecule has 0 fully saturated rings. The standard InChI is InChI=1S/C19H16F2N2O4/c20-19(21)27-17-7-6-16(23(25)26)11-14(17)5-8-18(24)22-10-9-13-3-1-2-4-15(13)12-22/h1-8,11,19H,9-10,12H2. The normalized spacial score (nSPS) is 13.7. The minimum atomic E-state index is -3.08. The zero-order valence-corrected chi connectivity index (χ0v) is 14.2. The summed E-state index contributed by atoms with van der Waals surface area (Å²) in [5.41, 5.74) is 2.00. The number of nitrogens with zero attached hydrogens (tertiary/aromatic N) is 2. The maximum absolute atomic E-state index is 12.5. The molecule has 0 N–H and O–H groups in total. The molecule has 0 radical (unpaired) electrons. The van der Waals surface area contributed by atoms with Crippen LogP contribution < -0.4 is 4.74 Å². The second-order valence-electron chi connectivity index (χ2n) is 5.97. The predicted molar refractivity (Wildman–Crippen MR) is 94.3 cm³/mol. The molecule has 1 aliphatic heterocycles. The van der Waals surface area contributed by atoms with Crippen molar-refractivity contribution in [1.82, 2.24) is 4.90 Å². The molecule has 1 amide bonds. The van der Waals surface area contributed by atoms with E-state index >= 15 is 0 Å². The zero-order valence-electron chi connectivity index (χ0n) is 14.2. The van der Waals surface area contributed by atoms with E-state index in [0.717, 1.165) is 30.2 Å². The number of non-ortho nitro benzene ring substituents is 1. The molecule has 0 unspecified atom stereocenters. The van der Waals surface area contributed by atoms with Crippen LogP contribution in [-0.2, 0) is 17.8 Å². The van der Waals surface area contributed by atoms with E-state index in [4.69, 9.17) is 0 Å². The van der Waals surface area contributed by atoms with Crippen LogP contribution in [0.3, 0.4) is 0 Å². The van der Waals surface area contributed by atoms with Gasteiger partial charge in [-0.05, 0) is 29.7 Å². The van der Waals surface area contributed by atoms with Gasteiger partial charge in [0.05, 0.1) is 4.92 Å². The van der Waals surface area contributed by atoms with E-state index in [1.54, 1.807) is 4.90 Å². The van der Waals surface area contributed by atoms with Crippen molar-refractivity contribution in [2.45, 2.75) is 19.6 Å². The molecule has 2 aromatic rings. The molecule has 0 bridgehead atoms. The fourth-order valence-corrected chi connectivity index (χ4v) is 2.93. The summed E-state index contributed by atoms with van der Waals surface area (Å²) in [7, 11) is 0. The summed E-state index contributed by atoms with van der Waals surface area (Å²) >= 11 is 0. The van der Waals surface area contributed by atoms with Crippen LogP contribution in [0, 0.1) is 10.1 Å². The fraction of sp³-hybridized carbons (Fsp3) is 0.211. The van der Waals surface area contributed by atoms with Crippen molar-refractivity contribution in [3.63, 3.8) is 0 Å². The third-order valence-electron chi connectivity index (χ3n) is 4.27. The number of benzene rings is 2. The number of amides is 1. The average molecular weight is 374 g/mol. The Labute approximate surface area is 153 Å². The molecule has 140 valence electrons. The van der Waals surface area contributed by atoms with Crippen LogP contribution >= 0.6 is 0 Å². The lowest BCUT2D eigenvalue weighted by atomic mass is 10.00. The van der Waals surface area contributed by atoms with Crippen LogP contribution in [0.5, 0.6) is 5.75 Å². The number of carbonyl (C=O) groups excluding carboxylic acids is 1. The van der Waals surface area contributed by atoms with Gasteiger partial charge in [0.15, 0.2) is 0 Å². The van der Waals surface area contributed by atoms with Crippen LogP contribution in [-0.4, -0.2) is 28.9 Å². The van der Waals surface area contributed by atoms with Gasteiger partial charge < -0.3 is 9.64 Å². The Bertz CT molecular complexity index is 899. The van der Waals surface area contributed by atoms with Crippen molar-refractivity contribution < 1.29 is 23.2 Å². The van der Waals surface area contributed by atoms with Crippen LogP contribution in [0.1, 0.15) is 16.7 Å². The Balaban J connectivity index is 1.79. The number of nitro benzene ring substituents is 1. The van der Waals surface area contributed by atoms with E-state index in [2.05, 4.69) is 4.74 Å². The van der Waals surface area contributed by atoms with Gasteiger partial charge in [-0.2, -0.15) is 8.78 Å². The first-order valence-corrected chi connectivity index (χ1v) is 8.21. The number of carbonyl (C=O) groups is 1. The zero-order chi connectivity index (χ0) is 19.4. The molecule has 3 rings (SSSR count). The Morgan fingerprint density at radius 3 is 2.67 bits per heavy atom. The Kier molecular flexibility index (Phi) is 5.44. The van der Waals surface area contributed by atoms with Crippen LogP contribution in [0.2, 0.25) is 0 Å². The summed E-state index contributed by atoms with van der Waals surface area (Å²) < 4.78 is 29.4. The van der Waals surface area contributed by atoms with Crippen molar-refractivity contribution in [2.75, 3.05) is 6.54 Å². The fourth-order valence-electron chi connectivity index (χ4n) is 2.93. The SMILES string of the molecule is O=C(C=Cc1cc([N+](=O)[O-])ccc1OC(F)F)N1CCc2ccccc2C1. The topological polar surface area (TPSA) is 72.7 Å². The highest BCUT2D eigenvalue weighted by atomic mass is 19.3. The summed E-state index contributed by atoms with van der Waals surface area (Å²) in [5.74, 6) is -0.539. The first-order chi connectivity index (χ1) is 12.9. The van der Waals surface area contributed by atoms with Gasteiger partial charge in [-0.3, -0.25) is 14.9 Å². The lowest BCUT2D eigenvalue weighted by Crippen LogP contribution is -2.34. The Morgan fingerprint density at radius 1 is 1.22 bits per heavy atom. The van der Waals surface area contributed by atoms with Gasteiger partial charge in [-0.1, -0.05) is 24.3 Å². The molecule has 0 aliphatic carbocycles. The van der Waals surface area contributed by atoms with E-state index in [-0.39, 0.29) is 22.9 Å². The van der Waals surface area contributed by atoms with Crippen molar-refractivity contribution >= 4 is 17.7 Å². The van der Waals surface area contributed by atoms with Gasteiger partial charge >= 0.3 is 6.61 Å². The Hall–Kier alpha value is -3.29. The summed E-state index contributed by atoms with van der Waals surface area (Å²) in [6.45, 7) is -2.09. The molecule has 27 heavy (non-hydrogen) atoms. The number of hydrogen-bond acceptors (Lipinski definition) is 4. The Morgan fingerprint density at radius 2 is 1.96 bits per heavy atom. The number of fused-ring (bicyclic) bond motifs is 1. The van der Waals surface area contributed by atoms with Crippen molar-refractivity contribution in [3.05, 3.63) is 75.3 Å². The molecule has 0 saturated carbocycles. The molecular weight excluding hydrogens is 358 g/mol. The quantitative estimate of drug-likeness (QED) is 0.453. The van der Waals surface area contributed by atoms with E-state index in [9.17, 15) is 23.7 Å². The van der Waals surface area contributed by atoms with Gasteiger partial charge in [-0.15, -0.1) is 0 Å². The lowest BCUT2D eigenvalue weighted by molar-refractivity contribution is -0.384. The number of hydrogen-bond donors (Lipinski definition) is 0. The molecule has 0 atom stereocenters. The summed E-state index contributed by atoms with van der Waals surface area (Å²) in [6.07, 6.45) is 3.20. The third kappa shape index (κ3) is 4.46. The molecule has 2 aromatic carbocycles. The van der Waals surface area contributed by atoms with Crippen molar-refractivity contribution in [3.8, 4) is 5.75 Å². The minimum absolute atomic E-state index is 0.0373. The molecular formula is C19H16F2N2O4. The first kappa shape index (κ1) is 18.5. The largest absolute Gasteiger partial charge is 0.434 e.